The van der Waals surface area contributed by atoms with Gasteiger partial charge in [-0.1, -0.05) is 48.5 Å². The maximum absolute atomic E-state index is 4.75. The molecule has 0 spiro atoms. The fourth-order valence-electron chi connectivity index (χ4n) is 3.32. The van der Waals surface area contributed by atoms with Crippen LogP contribution < -0.4 is 0 Å². The van der Waals surface area contributed by atoms with Crippen LogP contribution in [0.4, 0.5) is 0 Å². The Morgan fingerprint density at radius 3 is 1.38 bits per heavy atom. The lowest BCUT2D eigenvalue weighted by atomic mass is 10.1. The van der Waals surface area contributed by atoms with Gasteiger partial charge in [0.2, 0.25) is 0 Å². The van der Waals surface area contributed by atoms with Crippen LogP contribution >= 0.6 is 65.8 Å². The van der Waals surface area contributed by atoms with Gasteiger partial charge in [0.05, 0.1) is 20.4 Å². The molecule has 0 aliphatic rings. The van der Waals surface area contributed by atoms with Crippen LogP contribution in [0.2, 0.25) is 0 Å². The van der Waals surface area contributed by atoms with Crippen molar-refractivity contribution in [1.29, 1.82) is 0 Å². The highest BCUT2D eigenvalue weighted by molar-refractivity contribution is 8.77. The van der Waals surface area contributed by atoms with E-state index < -0.39 is 0 Å². The van der Waals surface area contributed by atoms with E-state index in [0.29, 0.717) is 0 Å². The number of benzene rings is 4. The minimum Gasteiger partial charge on any atom is -0.229 e. The first-order chi connectivity index (χ1) is 15.8. The molecule has 8 heteroatoms. The first kappa shape index (κ1) is 20.9. The van der Waals surface area contributed by atoms with Crippen LogP contribution in [0.3, 0.4) is 0 Å². The molecule has 0 unspecified atom stereocenters. The highest BCUT2D eigenvalue weighted by atomic mass is 33.1. The van der Waals surface area contributed by atoms with Gasteiger partial charge in [-0.3, -0.25) is 0 Å². The maximum Gasteiger partial charge on any atom is 0.162 e. The van der Waals surface area contributed by atoms with Crippen molar-refractivity contribution in [3.05, 3.63) is 84.9 Å². The molecule has 0 N–H and O–H groups in total. The summed E-state index contributed by atoms with van der Waals surface area (Å²) >= 11 is 3.50. The molecular weight excluding hydrogens is 509 g/mol. The lowest BCUT2D eigenvalue weighted by Gasteiger charge is -2.09. The van der Waals surface area contributed by atoms with Gasteiger partial charge in [-0.05, 0) is 90.3 Å². The van der Waals surface area contributed by atoms with Gasteiger partial charge in [-0.25, -0.2) is 9.97 Å². The number of nitrogens with zero attached hydrogens (tertiary/aromatic N) is 2. The summed E-state index contributed by atoms with van der Waals surface area (Å²) in [6, 6.07) is 29.7. The van der Waals surface area contributed by atoms with E-state index in [4.69, 9.17) is 9.97 Å². The van der Waals surface area contributed by atoms with Crippen molar-refractivity contribution in [2.75, 3.05) is 0 Å². The molecule has 0 aliphatic carbocycles. The third kappa shape index (κ3) is 4.27. The standard InChI is InChI=1S/C24H14N2S6/c1-2-8-16-15(7-1)19(29-31-23-25-17-9-3-5-11-21(17)27-23)13-14-20(16)30-32-24-26-18-10-4-6-12-22(18)28-24/h1-14H. The van der Waals surface area contributed by atoms with Crippen molar-refractivity contribution in [2.45, 2.75) is 18.5 Å². The highest BCUT2D eigenvalue weighted by Crippen LogP contribution is 2.47. The lowest BCUT2D eigenvalue weighted by Crippen LogP contribution is -1.80. The number of thiazole rings is 2. The van der Waals surface area contributed by atoms with Gasteiger partial charge in [-0.2, -0.15) is 0 Å². The number of aromatic nitrogens is 2. The Kier molecular flexibility index (Phi) is 6.06. The SMILES string of the molecule is c1ccc2sc(SSc3ccc(SSc4nc5ccccc5s4)c4ccccc34)nc2c1. The van der Waals surface area contributed by atoms with Gasteiger partial charge in [0.15, 0.2) is 8.68 Å². The Morgan fingerprint density at radius 1 is 0.469 bits per heavy atom. The summed E-state index contributed by atoms with van der Waals surface area (Å²) in [4.78, 5) is 12.0. The molecular formula is C24H14N2S6. The quantitative estimate of drug-likeness (QED) is 0.202. The van der Waals surface area contributed by atoms with Gasteiger partial charge in [0.1, 0.15) is 0 Å². The smallest absolute Gasteiger partial charge is 0.162 e. The Balaban J connectivity index is 1.24. The molecule has 2 nitrogen and oxygen atoms in total. The Hall–Kier alpha value is -1.68. The van der Waals surface area contributed by atoms with Gasteiger partial charge < -0.3 is 0 Å². The number of para-hydroxylation sites is 2. The molecule has 2 heterocycles. The van der Waals surface area contributed by atoms with E-state index in [9.17, 15) is 0 Å². The fourth-order valence-corrected chi connectivity index (χ4v) is 10.2. The third-order valence-corrected chi connectivity index (χ3v) is 12.3. The van der Waals surface area contributed by atoms with Crippen molar-refractivity contribution in [1.82, 2.24) is 9.97 Å². The van der Waals surface area contributed by atoms with Crippen molar-refractivity contribution in [3.63, 3.8) is 0 Å². The Labute approximate surface area is 209 Å². The van der Waals surface area contributed by atoms with Crippen molar-refractivity contribution >= 4 is 97.1 Å². The molecule has 0 radical (unpaired) electrons. The van der Waals surface area contributed by atoms with Crippen LogP contribution in [-0.2, 0) is 0 Å². The predicted octanol–water partition coefficient (Wildman–Crippen LogP) is 9.66. The van der Waals surface area contributed by atoms with Gasteiger partial charge in [-0.15, -0.1) is 22.7 Å². The second kappa shape index (κ2) is 9.29. The second-order valence-corrected chi connectivity index (χ2v) is 13.7. The molecule has 0 fully saturated rings. The number of fused-ring (bicyclic) bond motifs is 3. The molecule has 156 valence electrons. The molecule has 2 aromatic heterocycles. The van der Waals surface area contributed by atoms with Crippen LogP contribution in [0.5, 0.6) is 0 Å². The Morgan fingerprint density at radius 2 is 0.906 bits per heavy atom. The summed E-state index contributed by atoms with van der Waals surface area (Å²) in [6.45, 7) is 0. The molecule has 0 atom stereocenters. The largest absolute Gasteiger partial charge is 0.229 e. The summed E-state index contributed by atoms with van der Waals surface area (Å²) in [5, 5.41) is 2.56. The zero-order valence-corrected chi connectivity index (χ0v) is 21.3. The monoisotopic (exact) mass is 522 g/mol. The molecule has 0 amide bonds. The minimum atomic E-state index is 1.07. The highest BCUT2D eigenvalue weighted by Gasteiger charge is 2.12. The minimum absolute atomic E-state index is 1.07. The average molecular weight is 523 g/mol. The predicted molar refractivity (Wildman–Crippen MR) is 147 cm³/mol. The number of hydrogen-bond donors (Lipinski definition) is 0. The summed E-state index contributed by atoms with van der Waals surface area (Å²) in [5.74, 6) is 0. The van der Waals surface area contributed by atoms with E-state index in [1.165, 1.54) is 30.0 Å². The number of rotatable bonds is 6. The van der Waals surface area contributed by atoms with Crippen LogP contribution in [-0.4, -0.2) is 9.97 Å². The van der Waals surface area contributed by atoms with Crippen molar-refractivity contribution in [3.8, 4) is 0 Å². The summed E-state index contributed by atoms with van der Waals surface area (Å²) in [7, 11) is 7.04. The van der Waals surface area contributed by atoms with Crippen LogP contribution in [0.15, 0.2) is 103 Å². The van der Waals surface area contributed by atoms with E-state index >= 15 is 0 Å². The molecule has 32 heavy (non-hydrogen) atoms. The fraction of sp³-hybridized carbons (Fsp3) is 0. The molecule has 0 aliphatic heterocycles. The Bertz CT molecular complexity index is 1370. The molecule has 6 rings (SSSR count). The van der Waals surface area contributed by atoms with Crippen LogP contribution in [0.25, 0.3) is 31.2 Å². The second-order valence-electron chi connectivity index (χ2n) is 6.84. The molecule has 0 saturated heterocycles. The topological polar surface area (TPSA) is 25.8 Å². The van der Waals surface area contributed by atoms with E-state index in [1.807, 2.05) is 12.1 Å². The first-order valence-electron chi connectivity index (χ1n) is 9.75. The van der Waals surface area contributed by atoms with Crippen LogP contribution in [0, 0.1) is 0 Å². The van der Waals surface area contributed by atoms with E-state index in [0.717, 1.165) is 19.7 Å². The molecule has 6 aromatic rings. The normalized spacial score (nSPS) is 11.6. The average Bonchev–Trinajstić information content (AvgIpc) is 3.45. The first-order valence-corrected chi connectivity index (χ1v) is 15.7. The summed E-state index contributed by atoms with van der Waals surface area (Å²) in [5.41, 5.74) is 2.15. The summed E-state index contributed by atoms with van der Waals surface area (Å²) < 4.78 is 4.65. The van der Waals surface area contributed by atoms with Gasteiger partial charge >= 0.3 is 0 Å². The van der Waals surface area contributed by atoms with Crippen molar-refractivity contribution < 1.29 is 0 Å². The summed E-state index contributed by atoms with van der Waals surface area (Å²) in [6.07, 6.45) is 0. The zero-order chi connectivity index (χ0) is 21.3. The van der Waals surface area contributed by atoms with Crippen molar-refractivity contribution in [2.24, 2.45) is 0 Å². The van der Waals surface area contributed by atoms with E-state index in [-0.39, 0.29) is 0 Å². The van der Waals surface area contributed by atoms with Gasteiger partial charge in [0, 0.05) is 9.79 Å². The lowest BCUT2D eigenvalue weighted by molar-refractivity contribution is 1.31. The number of hydrogen-bond acceptors (Lipinski definition) is 8. The maximum atomic E-state index is 4.75. The third-order valence-electron chi connectivity index (χ3n) is 4.80. The van der Waals surface area contributed by atoms with E-state index in [1.54, 1.807) is 65.8 Å². The van der Waals surface area contributed by atoms with Gasteiger partial charge in [0.25, 0.3) is 0 Å². The van der Waals surface area contributed by atoms with Crippen LogP contribution in [0.1, 0.15) is 0 Å². The molecule has 4 aromatic carbocycles. The van der Waals surface area contributed by atoms with E-state index in [2.05, 4.69) is 72.8 Å². The molecule has 0 bridgehead atoms. The molecule has 0 saturated carbocycles. The zero-order valence-electron chi connectivity index (χ0n) is 16.4.